The summed E-state index contributed by atoms with van der Waals surface area (Å²) in [7, 11) is 0. The first-order chi connectivity index (χ1) is 7.84. The number of hydrogen-bond acceptors (Lipinski definition) is 1. The molecular formula is C14H17BrO. The van der Waals surface area contributed by atoms with Gasteiger partial charge in [-0.2, -0.15) is 0 Å². The smallest absolute Gasteiger partial charge is 0.0825 e. The van der Waals surface area contributed by atoms with E-state index < -0.39 is 0 Å². The van der Waals surface area contributed by atoms with Crippen LogP contribution in [-0.2, 0) is 4.74 Å². The molecule has 0 bridgehead atoms. The Hall–Kier alpha value is -0.340. The summed E-state index contributed by atoms with van der Waals surface area (Å²) in [4.78, 5) is 0. The van der Waals surface area contributed by atoms with Gasteiger partial charge in [-0.25, -0.2) is 0 Å². The first-order valence-corrected chi connectivity index (χ1v) is 7.05. The summed E-state index contributed by atoms with van der Waals surface area (Å²) in [5, 5.41) is 0. The van der Waals surface area contributed by atoms with Gasteiger partial charge in [0.15, 0.2) is 0 Å². The van der Waals surface area contributed by atoms with Gasteiger partial charge in [0.2, 0.25) is 0 Å². The molecule has 0 spiro atoms. The average Bonchev–Trinajstić information content (AvgIpc) is 3.15. The van der Waals surface area contributed by atoms with Crippen LogP contribution in [0.1, 0.15) is 55.3 Å². The monoisotopic (exact) mass is 280 g/mol. The topological polar surface area (TPSA) is 9.23 Å². The summed E-state index contributed by atoms with van der Waals surface area (Å²) in [6, 6.07) is 6.77. The lowest BCUT2D eigenvalue weighted by Crippen LogP contribution is -2.11. The Balaban J connectivity index is 1.85. The molecule has 2 aliphatic rings. The standard InChI is InChI=1S/C14H17BrO/c15-13-7-6-11(9-12(13)10-4-5-10)14-3-1-2-8-16-14/h6-7,9-10,14H,1-5,8H2. The highest BCUT2D eigenvalue weighted by Gasteiger charge is 2.27. The van der Waals surface area contributed by atoms with Crippen molar-refractivity contribution < 1.29 is 4.74 Å². The van der Waals surface area contributed by atoms with Crippen LogP contribution in [0.3, 0.4) is 0 Å². The minimum atomic E-state index is 0.347. The second kappa shape index (κ2) is 4.50. The van der Waals surface area contributed by atoms with Crippen molar-refractivity contribution in [2.45, 2.75) is 44.1 Å². The molecule has 1 aromatic rings. The summed E-state index contributed by atoms with van der Waals surface area (Å²) in [5.41, 5.74) is 2.87. The van der Waals surface area contributed by atoms with Crippen LogP contribution in [0.2, 0.25) is 0 Å². The van der Waals surface area contributed by atoms with Gasteiger partial charge in [0, 0.05) is 11.1 Å². The molecular weight excluding hydrogens is 264 g/mol. The number of ether oxygens (including phenoxy) is 1. The van der Waals surface area contributed by atoms with E-state index in [9.17, 15) is 0 Å². The number of hydrogen-bond donors (Lipinski definition) is 0. The lowest BCUT2D eigenvalue weighted by molar-refractivity contribution is 0.0149. The van der Waals surface area contributed by atoms with Gasteiger partial charge in [-0.05, 0) is 55.2 Å². The maximum atomic E-state index is 5.84. The van der Waals surface area contributed by atoms with E-state index in [1.54, 1.807) is 0 Å². The van der Waals surface area contributed by atoms with E-state index in [2.05, 4.69) is 34.1 Å². The van der Waals surface area contributed by atoms with Gasteiger partial charge < -0.3 is 4.74 Å². The highest BCUT2D eigenvalue weighted by Crippen LogP contribution is 2.44. The summed E-state index contributed by atoms with van der Waals surface area (Å²) in [5.74, 6) is 0.804. The molecule has 86 valence electrons. The zero-order valence-electron chi connectivity index (χ0n) is 9.42. The van der Waals surface area contributed by atoms with Crippen molar-refractivity contribution >= 4 is 15.9 Å². The number of rotatable bonds is 2. The Bertz CT molecular complexity index is 378. The van der Waals surface area contributed by atoms with Gasteiger partial charge in [-0.1, -0.05) is 28.1 Å². The molecule has 0 radical (unpaired) electrons. The molecule has 16 heavy (non-hydrogen) atoms. The van der Waals surface area contributed by atoms with E-state index in [-0.39, 0.29) is 0 Å². The van der Waals surface area contributed by atoms with Crippen LogP contribution in [0, 0.1) is 0 Å². The molecule has 1 aliphatic heterocycles. The first-order valence-electron chi connectivity index (χ1n) is 6.25. The van der Waals surface area contributed by atoms with Crippen molar-refractivity contribution in [3.05, 3.63) is 33.8 Å². The van der Waals surface area contributed by atoms with Gasteiger partial charge >= 0.3 is 0 Å². The van der Waals surface area contributed by atoms with E-state index in [4.69, 9.17) is 4.74 Å². The van der Waals surface area contributed by atoms with Crippen LogP contribution in [0.4, 0.5) is 0 Å². The van der Waals surface area contributed by atoms with Crippen LogP contribution in [-0.4, -0.2) is 6.61 Å². The van der Waals surface area contributed by atoms with Gasteiger partial charge in [0.1, 0.15) is 0 Å². The fourth-order valence-corrected chi connectivity index (χ4v) is 3.04. The van der Waals surface area contributed by atoms with Crippen molar-refractivity contribution in [2.24, 2.45) is 0 Å². The maximum Gasteiger partial charge on any atom is 0.0825 e. The summed E-state index contributed by atoms with van der Waals surface area (Å²) >= 11 is 3.65. The summed E-state index contributed by atoms with van der Waals surface area (Å²) in [6.07, 6.45) is 6.77. The zero-order chi connectivity index (χ0) is 11.0. The molecule has 0 amide bonds. The molecule has 1 saturated carbocycles. The quantitative estimate of drug-likeness (QED) is 0.771. The van der Waals surface area contributed by atoms with Crippen molar-refractivity contribution in [3.8, 4) is 0 Å². The van der Waals surface area contributed by atoms with E-state index >= 15 is 0 Å². The highest BCUT2D eigenvalue weighted by molar-refractivity contribution is 9.10. The van der Waals surface area contributed by atoms with Crippen molar-refractivity contribution in [3.63, 3.8) is 0 Å². The van der Waals surface area contributed by atoms with Gasteiger partial charge in [-0.15, -0.1) is 0 Å². The molecule has 1 nitrogen and oxygen atoms in total. The van der Waals surface area contributed by atoms with Crippen molar-refractivity contribution in [2.75, 3.05) is 6.61 Å². The van der Waals surface area contributed by atoms with Crippen LogP contribution < -0.4 is 0 Å². The molecule has 2 heteroatoms. The molecule has 1 atom stereocenters. The van der Waals surface area contributed by atoms with Gasteiger partial charge in [0.25, 0.3) is 0 Å². The Labute approximate surface area is 105 Å². The van der Waals surface area contributed by atoms with Crippen LogP contribution in [0.15, 0.2) is 22.7 Å². The Morgan fingerprint density at radius 1 is 1.12 bits per heavy atom. The SMILES string of the molecule is Brc1ccc(C2CCCCO2)cc1C1CC1. The normalized spacial score (nSPS) is 25.7. The van der Waals surface area contributed by atoms with Gasteiger partial charge in [-0.3, -0.25) is 0 Å². The fraction of sp³-hybridized carbons (Fsp3) is 0.571. The molecule has 0 N–H and O–H groups in total. The average molecular weight is 281 g/mol. The molecule has 0 aromatic heterocycles. The van der Waals surface area contributed by atoms with E-state index in [0.29, 0.717) is 6.10 Å². The van der Waals surface area contributed by atoms with Crippen molar-refractivity contribution in [1.29, 1.82) is 0 Å². The fourth-order valence-electron chi connectivity index (χ4n) is 2.47. The van der Waals surface area contributed by atoms with E-state index in [0.717, 1.165) is 12.5 Å². The Kier molecular flexibility index (Phi) is 3.03. The summed E-state index contributed by atoms with van der Waals surface area (Å²) < 4.78 is 7.12. The first kappa shape index (κ1) is 10.8. The zero-order valence-corrected chi connectivity index (χ0v) is 11.0. The Morgan fingerprint density at radius 3 is 2.69 bits per heavy atom. The molecule has 1 saturated heterocycles. The molecule has 1 heterocycles. The predicted molar refractivity (Wildman–Crippen MR) is 68.7 cm³/mol. The summed E-state index contributed by atoms with van der Waals surface area (Å²) in [6.45, 7) is 0.930. The van der Waals surface area contributed by atoms with E-state index in [1.165, 1.54) is 47.7 Å². The minimum absolute atomic E-state index is 0.347. The second-order valence-electron chi connectivity index (χ2n) is 4.91. The van der Waals surface area contributed by atoms with E-state index in [1.807, 2.05) is 0 Å². The maximum absolute atomic E-state index is 5.84. The largest absolute Gasteiger partial charge is 0.374 e. The molecule has 1 unspecified atom stereocenters. The van der Waals surface area contributed by atoms with Crippen LogP contribution in [0.5, 0.6) is 0 Å². The third-order valence-electron chi connectivity index (χ3n) is 3.59. The van der Waals surface area contributed by atoms with Gasteiger partial charge in [0.05, 0.1) is 6.10 Å². The highest BCUT2D eigenvalue weighted by atomic mass is 79.9. The van der Waals surface area contributed by atoms with Crippen LogP contribution >= 0.6 is 15.9 Å². The second-order valence-corrected chi connectivity index (χ2v) is 5.76. The Morgan fingerprint density at radius 2 is 2.00 bits per heavy atom. The third kappa shape index (κ3) is 2.18. The van der Waals surface area contributed by atoms with Crippen LogP contribution in [0.25, 0.3) is 0 Å². The minimum Gasteiger partial charge on any atom is -0.374 e. The molecule has 1 aromatic carbocycles. The number of halogens is 1. The predicted octanol–water partition coefficient (Wildman–Crippen LogP) is 4.57. The lowest BCUT2D eigenvalue weighted by atomic mass is 9.98. The molecule has 1 aliphatic carbocycles. The number of benzene rings is 1. The van der Waals surface area contributed by atoms with Crippen molar-refractivity contribution in [1.82, 2.24) is 0 Å². The lowest BCUT2D eigenvalue weighted by Gasteiger charge is -2.23. The molecule has 2 fully saturated rings. The molecule has 3 rings (SSSR count). The third-order valence-corrected chi connectivity index (χ3v) is 4.31.